The number of nitrogens with zero attached hydrogens (tertiary/aromatic N) is 3. The fourth-order valence-corrected chi connectivity index (χ4v) is 3.96. The number of aromatic amines is 1. The lowest BCUT2D eigenvalue weighted by Gasteiger charge is -2.18. The third-order valence-corrected chi connectivity index (χ3v) is 5.54. The molecule has 0 aliphatic heterocycles. The van der Waals surface area contributed by atoms with Gasteiger partial charge in [-0.15, -0.1) is 0 Å². The molecule has 4 rings (SSSR count). The Kier molecular flexibility index (Phi) is 5.90. The Morgan fingerprint density at radius 2 is 1.84 bits per heavy atom. The first-order valence-corrected chi connectivity index (χ1v) is 11.0. The van der Waals surface area contributed by atoms with Crippen molar-refractivity contribution >= 4 is 39.7 Å². The minimum Gasteiger partial charge on any atom is -0.345 e. The van der Waals surface area contributed by atoms with E-state index in [4.69, 9.17) is 0 Å². The Morgan fingerprint density at radius 3 is 2.55 bits per heavy atom. The van der Waals surface area contributed by atoms with E-state index in [9.17, 15) is 18.0 Å². The molecule has 10 heteroatoms. The second kappa shape index (κ2) is 8.62. The van der Waals surface area contributed by atoms with E-state index in [1.807, 2.05) is 30.5 Å². The molecule has 0 saturated heterocycles. The van der Waals surface area contributed by atoms with Crippen molar-refractivity contribution in [2.75, 3.05) is 12.0 Å². The topological polar surface area (TPSA) is 75.6 Å². The van der Waals surface area contributed by atoms with Gasteiger partial charge in [-0.1, -0.05) is 24.3 Å². The number of aromatic nitrogens is 4. The standard InChI is InChI=1S/C21H20F3N5OS/c1-31-11-10-16(19-26-13-6-2-3-7-14(13)27-19)25-18(30)12-29-17-9-5-4-8-15(17)28-20(29)21(22,23)24/h2-9,16H,10-12H2,1H3,(H,25,30)(H,26,27)/t16-/m0/s1. The van der Waals surface area contributed by atoms with Crippen LogP contribution in [0, 0.1) is 0 Å². The van der Waals surface area contributed by atoms with Crippen molar-refractivity contribution in [1.82, 2.24) is 24.8 Å². The third-order valence-electron chi connectivity index (χ3n) is 4.89. The molecule has 0 fully saturated rings. The number of hydrogen-bond acceptors (Lipinski definition) is 4. The van der Waals surface area contributed by atoms with E-state index in [0.717, 1.165) is 21.4 Å². The lowest BCUT2D eigenvalue weighted by Crippen LogP contribution is -2.33. The van der Waals surface area contributed by atoms with Gasteiger partial charge < -0.3 is 14.9 Å². The molecule has 2 aromatic carbocycles. The summed E-state index contributed by atoms with van der Waals surface area (Å²) >= 11 is 1.61. The van der Waals surface area contributed by atoms with Crippen LogP contribution in [0.25, 0.3) is 22.1 Å². The quantitative estimate of drug-likeness (QED) is 0.436. The number of halogens is 3. The highest BCUT2D eigenvalue weighted by Gasteiger charge is 2.38. The largest absolute Gasteiger partial charge is 0.449 e. The maximum Gasteiger partial charge on any atom is 0.449 e. The monoisotopic (exact) mass is 447 g/mol. The van der Waals surface area contributed by atoms with Crippen LogP contribution in [-0.2, 0) is 17.5 Å². The first-order chi connectivity index (χ1) is 14.9. The number of carbonyl (C=O) groups excluding carboxylic acids is 1. The number of imidazole rings is 2. The van der Waals surface area contributed by atoms with E-state index in [2.05, 4.69) is 20.3 Å². The molecule has 1 amide bonds. The van der Waals surface area contributed by atoms with Crippen molar-refractivity contribution < 1.29 is 18.0 Å². The molecular weight excluding hydrogens is 427 g/mol. The lowest BCUT2D eigenvalue weighted by molar-refractivity contribution is -0.147. The number of para-hydroxylation sites is 4. The van der Waals surface area contributed by atoms with Gasteiger partial charge in [0.2, 0.25) is 11.7 Å². The average Bonchev–Trinajstić information content (AvgIpc) is 3.33. The van der Waals surface area contributed by atoms with Crippen LogP contribution in [0.5, 0.6) is 0 Å². The normalized spacial score (nSPS) is 13.0. The molecule has 2 heterocycles. The second-order valence-corrected chi connectivity index (χ2v) is 8.03. The van der Waals surface area contributed by atoms with E-state index >= 15 is 0 Å². The average molecular weight is 447 g/mol. The molecule has 2 N–H and O–H groups in total. The number of thioether (sulfide) groups is 1. The molecule has 0 spiro atoms. The zero-order chi connectivity index (χ0) is 22.0. The van der Waals surface area contributed by atoms with Crippen molar-refractivity contribution in [2.45, 2.75) is 25.2 Å². The predicted octanol–water partition coefficient (Wildman–Crippen LogP) is 4.54. The molecule has 0 bridgehead atoms. The van der Waals surface area contributed by atoms with Gasteiger partial charge in [-0.25, -0.2) is 9.97 Å². The van der Waals surface area contributed by atoms with Gasteiger partial charge in [-0.05, 0) is 42.7 Å². The Hall–Kier alpha value is -3.01. The highest BCUT2D eigenvalue weighted by molar-refractivity contribution is 7.98. The SMILES string of the molecule is CSCC[C@H](NC(=O)Cn1c(C(F)(F)F)nc2ccccc21)c1nc2ccccc2[nH]1. The minimum absolute atomic E-state index is 0.193. The molecule has 4 aromatic rings. The first-order valence-electron chi connectivity index (χ1n) is 9.62. The summed E-state index contributed by atoms with van der Waals surface area (Å²) in [4.78, 5) is 24.3. The van der Waals surface area contributed by atoms with Crippen molar-refractivity contribution in [3.05, 3.63) is 60.2 Å². The molecule has 0 saturated carbocycles. The number of fused-ring (bicyclic) bond motifs is 2. The maximum absolute atomic E-state index is 13.5. The molecule has 1 atom stereocenters. The minimum atomic E-state index is -4.67. The van der Waals surface area contributed by atoms with Gasteiger partial charge in [-0.3, -0.25) is 4.79 Å². The maximum atomic E-state index is 13.5. The molecule has 0 aliphatic rings. The fraction of sp³-hybridized carbons (Fsp3) is 0.286. The van der Waals surface area contributed by atoms with E-state index in [-0.39, 0.29) is 11.0 Å². The third kappa shape index (κ3) is 4.53. The molecule has 162 valence electrons. The van der Waals surface area contributed by atoms with Gasteiger partial charge in [0, 0.05) is 0 Å². The number of benzene rings is 2. The van der Waals surface area contributed by atoms with Crippen molar-refractivity contribution in [3.8, 4) is 0 Å². The van der Waals surface area contributed by atoms with Crippen LogP contribution < -0.4 is 5.32 Å². The molecule has 6 nitrogen and oxygen atoms in total. The smallest absolute Gasteiger partial charge is 0.345 e. The summed E-state index contributed by atoms with van der Waals surface area (Å²) in [6.07, 6.45) is -2.13. The Balaban J connectivity index is 1.61. The first kappa shape index (κ1) is 21.2. The van der Waals surface area contributed by atoms with Gasteiger partial charge in [0.1, 0.15) is 12.4 Å². The Labute approximate surface area is 180 Å². The summed E-state index contributed by atoms with van der Waals surface area (Å²) in [6.45, 7) is -0.495. The number of nitrogens with one attached hydrogen (secondary N) is 2. The summed E-state index contributed by atoms with van der Waals surface area (Å²) in [5.41, 5.74) is 2.05. The van der Waals surface area contributed by atoms with E-state index in [1.54, 1.807) is 23.9 Å². The van der Waals surface area contributed by atoms with Gasteiger partial charge in [-0.2, -0.15) is 24.9 Å². The number of alkyl halides is 3. The number of carbonyl (C=O) groups is 1. The number of amides is 1. The number of H-pyrrole nitrogens is 1. The van der Waals surface area contributed by atoms with Crippen molar-refractivity contribution in [2.24, 2.45) is 0 Å². The summed E-state index contributed by atoms with van der Waals surface area (Å²) in [5.74, 6) is -0.298. The summed E-state index contributed by atoms with van der Waals surface area (Å²) < 4.78 is 41.5. The molecule has 0 radical (unpaired) electrons. The predicted molar refractivity (Wildman–Crippen MR) is 115 cm³/mol. The zero-order valence-electron chi connectivity index (χ0n) is 16.6. The van der Waals surface area contributed by atoms with Crippen LogP contribution in [0.1, 0.15) is 24.1 Å². The van der Waals surface area contributed by atoms with Crippen molar-refractivity contribution in [3.63, 3.8) is 0 Å². The Morgan fingerprint density at radius 1 is 1.13 bits per heavy atom. The summed E-state index contributed by atoms with van der Waals surface area (Å²) in [7, 11) is 0. The molecular formula is C21H20F3N5OS. The fourth-order valence-electron chi connectivity index (χ4n) is 3.49. The van der Waals surface area contributed by atoms with Crippen molar-refractivity contribution in [1.29, 1.82) is 0 Å². The molecule has 0 unspecified atom stereocenters. The van der Waals surface area contributed by atoms with Gasteiger partial charge in [0.25, 0.3) is 0 Å². The van der Waals surface area contributed by atoms with E-state index in [0.29, 0.717) is 12.2 Å². The summed E-state index contributed by atoms with van der Waals surface area (Å²) in [5, 5.41) is 2.85. The molecule has 2 aromatic heterocycles. The number of rotatable bonds is 7. The number of hydrogen-bond donors (Lipinski definition) is 2. The van der Waals surface area contributed by atoms with Gasteiger partial charge >= 0.3 is 6.18 Å². The molecule has 31 heavy (non-hydrogen) atoms. The van der Waals surface area contributed by atoms with Gasteiger partial charge in [0.15, 0.2) is 0 Å². The lowest BCUT2D eigenvalue weighted by atomic mass is 10.2. The Bertz CT molecular complexity index is 1180. The highest BCUT2D eigenvalue weighted by atomic mass is 32.2. The van der Waals surface area contributed by atoms with Gasteiger partial charge in [0.05, 0.1) is 28.1 Å². The van der Waals surface area contributed by atoms with Crippen LogP contribution in [0.4, 0.5) is 13.2 Å². The second-order valence-electron chi connectivity index (χ2n) is 7.05. The van der Waals surface area contributed by atoms with Crippen LogP contribution in [0.3, 0.4) is 0 Å². The van der Waals surface area contributed by atoms with Crippen LogP contribution >= 0.6 is 11.8 Å². The van der Waals surface area contributed by atoms with E-state index in [1.165, 1.54) is 12.1 Å². The van der Waals surface area contributed by atoms with Crippen LogP contribution in [0.15, 0.2) is 48.5 Å². The van der Waals surface area contributed by atoms with E-state index < -0.39 is 30.5 Å². The summed E-state index contributed by atoms with van der Waals surface area (Å²) in [6, 6.07) is 13.3. The van der Waals surface area contributed by atoms with Crippen LogP contribution in [-0.4, -0.2) is 37.4 Å². The highest BCUT2D eigenvalue weighted by Crippen LogP contribution is 2.31. The van der Waals surface area contributed by atoms with Crippen LogP contribution in [0.2, 0.25) is 0 Å². The molecule has 0 aliphatic carbocycles. The zero-order valence-corrected chi connectivity index (χ0v) is 17.4.